The van der Waals surface area contributed by atoms with Crippen molar-refractivity contribution in [2.75, 3.05) is 27.2 Å². The van der Waals surface area contributed by atoms with Gasteiger partial charge in [0.1, 0.15) is 13.1 Å². The summed E-state index contributed by atoms with van der Waals surface area (Å²) in [4.78, 5) is 25.3. The number of benzene rings is 1. The number of rotatable bonds is 6. The summed E-state index contributed by atoms with van der Waals surface area (Å²) < 4.78 is 37.7. The van der Waals surface area contributed by atoms with Crippen LogP contribution < -0.4 is 0 Å². The van der Waals surface area contributed by atoms with E-state index in [0.29, 0.717) is 11.3 Å². The van der Waals surface area contributed by atoms with Crippen molar-refractivity contribution >= 4 is 11.8 Å². The highest BCUT2D eigenvalue weighted by Gasteiger charge is 2.33. The lowest BCUT2D eigenvalue weighted by molar-refractivity contribution is -0.164. The molecule has 7 heteroatoms. The van der Waals surface area contributed by atoms with Crippen molar-refractivity contribution in [3.63, 3.8) is 0 Å². The number of carbonyl (C=O) groups excluding carboxylic acids is 2. The first-order valence-electron chi connectivity index (χ1n) is 6.77. The molecule has 122 valence electrons. The standard InChI is InChI=1S/C15H19F3N2O2/c1-19(2)14(22)10-20(11-15(16,17)18)13(21)9-8-12-6-4-3-5-7-12/h3-7H,8-11H2,1-2H3. The highest BCUT2D eigenvalue weighted by molar-refractivity contribution is 5.84. The summed E-state index contributed by atoms with van der Waals surface area (Å²) in [6.45, 7) is -1.99. The molecule has 0 unspecified atom stereocenters. The molecule has 22 heavy (non-hydrogen) atoms. The minimum atomic E-state index is -4.53. The molecule has 0 saturated carbocycles. The van der Waals surface area contributed by atoms with Gasteiger partial charge in [0.25, 0.3) is 0 Å². The summed E-state index contributed by atoms with van der Waals surface area (Å²) in [5.74, 6) is -1.23. The van der Waals surface area contributed by atoms with Gasteiger partial charge in [0.2, 0.25) is 11.8 Å². The van der Waals surface area contributed by atoms with Crippen molar-refractivity contribution in [3.05, 3.63) is 35.9 Å². The first-order chi connectivity index (χ1) is 10.2. The van der Waals surface area contributed by atoms with Gasteiger partial charge in [-0.25, -0.2) is 0 Å². The zero-order valence-corrected chi connectivity index (χ0v) is 12.6. The van der Waals surface area contributed by atoms with Crippen LogP contribution in [0.4, 0.5) is 13.2 Å². The van der Waals surface area contributed by atoms with Crippen LogP contribution in [0.1, 0.15) is 12.0 Å². The molecule has 1 aromatic rings. The first kappa shape index (κ1) is 18.0. The second kappa shape index (κ2) is 7.82. The van der Waals surface area contributed by atoms with E-state index in [-0.39, 0.29) is 6.42 Å². The maximum Gasteiger partial charge on any atom is 0.406 e. The van der Waals surface area contributed by atoms with E-state index in [1.54, 1.807) is 24.3 Å². The fraction of sp³-hybridized carbons (Fsp3) is 0.467. The second-order valence-electron chi connectivity index (χ2n) is 5.14. The topological polar surface area (TPSA) is 40.6 Å². The van der Waals surface area contributed by atoms with E-state index in [4.69, 9.17) is 0 Å². The molecule has 2 amide bonds. The van der Waals surface area contributed by atoms with Gasteiger partial charge in [-0.15, -0.1) is 0 Å². The Hall–Kier alpha value is -2.05. The average molecular weight is 316 g/mol. The van der Waals surface area contributed by atoms with Crippen LogP contribution >= 0.6 is 0 Å². The van der Waals surface area contributed by atoms with Crippen molar-refractivity contribution < 1.29 is 22.8 Å². The van der Waals surface area contributed by atoms with Gasteiger partial charge in [-0.2, -0.15) is 13.2 Å². The van der Waals surface area contributed by atoms with Crippen LogP contribution in [-0.4, -0.2) is 55.0 Å². The Balaban J connectivity index is 2.68. The number of amides is 2. The van der Waals surface area contributed by atoms with Gasteiger partial charge in [-0.05, 0) is 12.0 Å². The van der Waals surface area contributed by atoms with Gasteiger partial charge >= 0.3 is 6.18 Å². The van der Waals surface area contributed by atoms with Crippen LogP contribution in [0.25, 0.3) is 0 Å². The number of carbonyl (C=O) groups is 2. The van der Waals surface area contributed by atoms with E-state index in [1.165, 1.54) is 14.1 Å². The molecule has 0 aliphatic heterocycles. The molecule has 4 nitrogen and oxygen atoms in total. The maximum atomic E-state index is 12.6. The zero-order chi connectivity index (χ0) is 16.8. The summed E-state index contributed by atoms with van der Waals surface area (Å²) in [6.07, 6.45) is -4.26. The van der Waals surface area contributed by atoms with E-state index < -0.39 is 31.1 Å². The summed E-state index contributed by atoms with van der Waals surface area (Å²) in [7, 11) is 2.87. The predicted molar refractivity (Wildman–Crippen MR) is 76.1 cm³/mol. The van der Waals surface area contributed by atoms with Gasteiger partial charge in [0.15, 0.2) is 0 Å². The highest BCUT2D eigenvalue weighted by atomic mass is 19.4. The van der Waals surface area contributed by atoms with Crippen molar-refractivity contribution in [3.8, 4) is 0 Å². The Morgan fingerprint density at radius 2 is 1.64 bits per heavy atom. The Bertz CT molecular complexity index is 501. The molecule has 0 fully saturated rings. The third-order valence-electron chi connectivity index (χ3n) is 3.02. The summed E-state index contributed by atoms with van der Waals surface area (Å²) >= 11 is 0. The van der Waals surface area contributed by atoms with Crippen LogP contribution in [0.3, 0.4) is 0 Å². The Morgan fingerprint density at radius 3 is 2.14 bits per heavy atom. The molecule has 0 radical (unpaired) electrons. The average Bonchev–Trinajstić information content (AvgIpc) is 2.43. The minimum Gasteiger partial charge on any atom is -0.347 e. The van der Waals surface area contributed by atoms with Crippen molar-refractivity contribution in [1.82, 2.24) is 9.80 Å². The van der Waals surface area contributed by atoms with Crippen LogP contribution in [-0.2, 0) is 16.0 Å². The van der Waals surface area contributed by atoms with Crippen LogP contribution in [0.15, 0.2) is 30.3 Å². The monoisotopic (exact) mass is 316 g/mol. The Kier molecular flexibility index (Phi) is 6.39. The lowest BCUT2D eigenvalue weighted by atomic mass is 10.1. The number of nitrogens with zero attached hydrogens (tertiary/aromatic N) is 2. The van der Waals surface area contributed by atoms with Gasteiger partial charge in [0, 0.05) is 20.5 Å². The summed E-state index contributed by atoms with van der Waals surface area (Å²) in [5.41, 5.74) is 0.863. The van der Waals surface area contributed by atoms with Crippen LogP contribution in [0, 0.1) is 0 Å². The number of alkyl halides is 3. The van der Waals surface area contributed by atoms with Crippen molar-refractivity contribution in [1.29, 1.82) is 0 Å². The fourth-order valence-electron chi connectivity index (χ4n) is 1.81. The highest BCUT2D eigenvalue weighted by Crippen LogP contribution is 2.17. The lowest BCUT2D eigenvalue weighted by Gasteiger charge is -2.25. The number of aryl methyl sites for hydroxylation is 1. The van der Waals surface area contributed by atoms with E-state index >= 15 is 0 Å². The molecule has 0 bridgehead atoms. The molecule has 0 saturated heterocycles. The fourth-order valence-corrected chi connectivity index (χ4v) is 1.81. The maximum absolute atomic E-state index is 12.6. The number of likely N-dealkylation sites (N-methyl/N-ethyl adjacent to an activating group) is 1. The molecule has 1 rings (SSSR count). The second-order valence-corrected chi connectivity index (χ2v) is 5.14. The number of halogens is 3. The predicted octanol–water partition coefficient (Wildman–Crippen LogP) is 2.10. The smallest absolute Gasteiger partial charge is 0.347 e. The summed E-state index contributed by atoms with van der Waals surface area (Å²) in [6, 6.07) is 9.00. The summed E-state index contributed by atoms with van der Waals surface area (Å²) in [5, 5.41) is 0. The molecule has 0 spiro atoms. The first-order valence-corrected chi connectivity index (χ1v) is 6.77. The lowest BCUT2D eigenvalue weighted by Crippen LogP contribution is -2.44. The van der Waals surface area contributed by atoms with E-state index in [2.05, 4.69) is 0 Å². The van der Waals surface area contributed by atoms with Gasteiger partial charge in [-0.1, -0.05) is 30.3 Å². The molecule has 0 aromatic heterocycles. The van der Waals surface area contributed by atoms with Crippen LogP contribution in [0.5, 0.6) is 0 Å². The van der Waals surface area contributed by atoms with E-state index in [0.717, 1.165) is 10.5 Å². The van der Waals surface area contributed by atoms with Gasteiger partial charge in [-0.3, -0.25) is 9.59 Å². The quantitative estimate of drug-likeness (QED) is 0.806. The van der Waals surface area contributed by atoms with Gasteiger partial charge in [0.05, 0.1) is 0 Å². The molecule has 0 aliphatic carbocycles. The molecular weight excluding hydrogens is 297 g/mol. The van der Waals surface area contributed by atoms with Gasteiger partial charge < -0.3 is 9.80 Å². The minimum absolute atomic E-state index is 0.0686. The van der Waals surface area contributed by atoms with E-state index in [1.807, 2.05) is 6.07 Å². The largest absolute Gasteiger partial charge is 0.406 e. The van der Waals surface area contributed by atoms with Crippen molar-refractivity contribution in [2.24, 2.45) is 0 Å². The van der Waals surface area contributed by atoms with E-state index in [9.17, 15) is 22.8 Å². The third-order valence-corrected chi connectivity index (χ3v) is 3.02. The molecule has 1 aromatic carbocycles. The molecule has 0 atom stereocenters. The molecule has 0 N–H and O–H groups in total. The Morgan fingerprint density at radius 1 is 1.05 bits per heavy atom. The molecular formula is C15H19F3N2O2. The normalized spacial score (nSPS) is 11.1. The number of hydrogen-bond donors (Lipinski definition) is 0. The Labute approximate surface area is 127 Å². The van der Waals surface area contributed by atoms with Crippen molar-refractivity contribution in [2.45, 2.75) is 19.0 Å². The zero-order valence-electron chi connectivity index (χ0n) is 12.6. The SMILES string of the molecule is CN(C)C(=O)CN(CC(F)(F)F)C(=O)CCc1ccccc1. The molecule has 0 aliphatic rings. The number of hydrogen-bond acceptors (Lipinski definition) is 2. The molecule has 0 heterocycles. The van der Waals surface area contributed by atoms with Crippen LogP contribution in [0.2, 0.25) is 0 Å². The third kappa shape index (κ3) is 6.60.